The molecule has 0 aliphatic carbocycles. The molecule has 1 saturated heterocycles. The number of pyridine rings is 1. The predicted molar refractivity (Wildman–Crippen MR) is 64.8 cm³/mol. The Labute approximate surface area is 108 Å². The van der Waals surface area contributed by atoms with Crippen molar-refractivity contribution >= 4 is 21.8 Å². The number of nitrogens with one attached hydrogen (secondary N) is 1. The minimum absolute atomic E-state index is 0.0574. The van der Waals surface area contributed by atoms with E-state index >= 15 is 0 Å². The van der Waals surface area contributed by atoms with Crippen LogP contribution in [0.1, 0.15) is 10.4 Å². The van der Waals surface area contributed by atoms with Gasteiger partial charge in [0, 0.05) is 18.3 Å². The number of nitrogens with zero attached hydrogens (tertiary/aromatic N) is 1. The van der Waals surface area contributed by atoms with Gasteiger partial charge in [-0.25, -0.2) is 4.98 Å². The number of ether oxygens (including phenoxy) is 2. The minimum Gasteiger partial charge on any atom is -0.376 e. The summed E-state index contributed by atoms with van der Waals surface area (Å²) in [6, 6.07) is 3.34. The minimum atomic E-state index is -0.137. The molecule has 1 aromatic heterocycles. The zero-order valence-corrected chi connectivity index (χ0v) is 10.8. The Kier molecular flexibility index (Phi) is 4.47. The SMILES string of the molecule is O=C(NCC1COCCO1)c1ccnc(Br)c1. The molecule has 1 atom stereocenters. The number of carbonyl (C=O) groups is 1. The number of aromatic nitrogens is 1. The molecule has 0 bridgehead atoms. The normalized spacial score (nSPS) is 19.9. The van der Waals surface area contributed by atoms with E-state index in [-0.39, 0.29) is 12.0 Å². The average molecular weight is 301 g/mol. The molecule has 17 heavy (non-hydrogen) atoms. The third-order valence-corrected chi connectivity index (χ3v) is 2.80. The second-order valence-corrected chi connectivity index (χ2v) is 4.46. The maximum Gasteiger partial charge on any atom is 0.251 e. The summed E-state index contributed by atoms with van der Waals surface area (Å²) in [5, 5.41) is 2.80. The standard InChI is InChI=1S/C11H13BrN2O3/c12-10-5-8(1-2-13-10)11(15)14-6-9-7-16-3-4-17-9/h1-2,5,9H,3-4,6-7H2,(H,14,15). The molecule has 6 heteroatoms. The fourth-order valence-corrected chi connectivity index (χ4v) is 1.87. The van der Waals surface area contributed by atoms with E-state index in [0.29, 0.717) is 36.5 Å². The lowest BCUT2D eigenvalue weighted by Crippen LogP contribution is -2.39. The molecule has 1 aromatic rings. The van der Waals surface area contributed by atoms with E-state index in [0.717, 1.165) is 0 Å². The maximum atomic E-state index is 11.8. The van der Waals surface area contributed by atoms with Gasteiger partial charge in [0.05, 0.1) is 25.9 Å². The highest BCUT2D eigenvalue weighted by Crippen LogP contribution is 2.08. The summed E-state index contributed by atoms with van der Waals surface area (Å²) < 4.78 is 11.3. The van der Waals surface area contributed by atoms with E-state index in [4.69, 9.17) is 9.47 Å². The molecule has 1 N–H and O–H groups in total. The highest BCUT2D eigenvalue weighted by atomic mass is 79.9. The number of amides is 1. The van der Waals surface area contributed by atoms with Crippen molar-refractivity contribution in [1.82, 2.24) is 10.3 Å². The molecule has 0 aromatic carbocycles. The molecule has 1 unspecified atom stereocenters. The second kappa shape index (κ2) is 6.09. The molecule has 5 nitrogen and oxygen atoms in total. The molecular weight excluding hydrogens is 288 g/mol. The van der Waals surface area contributed by atoms with Crippen LogP contribution >= 0.6 is 15.9 Å². The van der Waals surface area contributed by atoms with Crippen LogP contribution in [0.2, 0.25) is 0 Å². The van der Waals surface area contributed by atoms with Gasteiger partial charge in [-0.1, -0.05) is 0 Å². The zero-order chi connectivity index (χ0) is 12.1. The van der Waals surface area contributed by atoms with Gasteiger partial charge in [-0.15, -0.1) is 0 Å². The van der Waals surface area contributed by atoms with Gasteiger partial charge >= 0.3 is 0 Å². The topological polar surface area (TPSA) is 60.5 Å². The summed E-state index contributed by atoms with van der Waals surface area (Å²) in [5.74, 6) is -0.137. The lowest BCUT2D eigenvalue weighted by molar-refractivity contribution is -0.0855. The van der Waals surface area contributed by atoms with Crippen LogP contribution in [0.25, 0.3) is 0 Å². The lowest BCUT2D eigenvalue weighted by atomic mass is 10.2. The summed E-state index contributed by atoms with van der Waals surface area (Å²) in [5.41, 5.74) is 0.573. The summed E-state index contributed by atoms with van der Waals surface area (Å²) in [6.07, 6.45) is 1.53. The summed E-state index contributed by atoms with van der Waals surface area (Å²) in [4.78, 5) is 15.7. The van der Waals surface area contributed by atoms with Crippen molar-refractivity contribution in [3.05, 3.63) is 28.5 Å². The van der Waals surface area contributed by atoms with E-state index in [9.17, 15) is 4.79 Å². The first-order valence-electron chi connectivity index (χ1n) is 5.35. The Bertz CT molecular complexity index is 394. The molecule has 92 valence electrons. The van der Waals surface area contributed by atoms with Crippen LogP contribution in [0.5, 0.6) is 0 Å². The van der Waals surface area contributed by atoms with Crippen LogP contribution in [-0.2, 0) is 9.47 Å². The Morgan fingerprint density at radius 3 is 3.18 bits per heavy atom. The van der Waals surface area contributed by atoms with Crippen LogP contribution in [0, 0.1) is 0 Å². The van der Waals surface area contributed by atoms with Crippen LogP contribution in [0.4, 0.5) is 0 Å². The van der Waals surface area contributed by atoms with Crippen molar-refractivity contribution in [2.45, 2.75) is 6.10 Å². The smallest absolute Gasteiger partial charge is 0.251 e. The Morgan fingerprint density at radius 2 is 2.47 bits per heavy atom. The predicted octanol–water partition coefficient (Wildman–Crippen LogP) is 0.989. The fraction of sp³-hybridized carbons (Fsp3) is 0.455. The molecule has 0 spiro atoms. The van der Waals surface area contributed by atoms with Gasteiger partial charge in [-0.3, -0.25) is 4.79 Å². The van der Waals surface area contributed by atoms with Gasteiger partial charge in [0.25, 0.3) is 5.91 Å². The highest BCUT2D eigenvalue weighted by molar-refractivity contribution is 9.10. The van der Waals surface area contributed by atoms with Crippen LogP contribution < -0.4 is 5.32 Å². The Balaban J connectivity index is 1.84. The molecule has 2 heterocycles. The molecule has 0 saturated carbocycles. The first kappa shape index (κ1) is 12.5. The molecule has 1 fully saturated rings. The fourth-order valence-electron chi connectivity index (χ4n) is 1.51. The molecular formula is C11H13BrN2O3. The van der Waals surface area contributed by atoms with Crippen molar-refractivity contribution < 1.29 is 14.3 Å². The number of hydrogen-bond donors (Lipinski definition) is 1. The number of rotatable bonds is 3. The van der Waals surface area contributed by atoms with Gasteiger partial charge < -0.3 is 14.8 Å². The lowest BCUT2D eigenvalue weighted by Gasteiger charge is -2.23. The van der Waals surface area contributed by atoms with Gasteiger partial charge in [0.2, 0.25) is 0 Å². The van der Waals surface area contributed by atoms with Crippen molar-refractivity contribution in [3.8, 4) is 0 Å². The third kappa shape index (κ3) is 3.76. The molecule has 1 aliphatic rings. The van der Waals surface area contributed by atoms with Crippen LogP contribution in [0.3, 0.4) is 0 Å². The van der Waals surface area contributed by atoms with Crippen LogP contribution in [0.15, 0.2) is 22.9 Å². The Morgan fingerprint density at radius 1 is 1.59 bits per heavy atom. The van der Waals surface area contributed by atoms with E-state index in [1.165, 1.54) is 0 Å². The second-order valence-electron chi connectivity index (χ2n) is 3.64. The van der Waals surface area contributed by atoms with Crippen molar-refractivity contribution in [2.24, 2.45) is 0 Å². The molecule has 1 amide bonds. The summed E-state index contributed by atoms with van der Waals surface area (Å²) in [7, 11) is 0. The quantitative estimate of drug-likeness (QED) is 0.846. The largest absolute Gasteiger partial charge is 0.376 e. The highest BCUT2D eigenvalue weighted by Gasteiger charge is 2.15. The molecule has 2 rings (SSSR count). The third-order valence-electron chi connectivity index (χ3n) is 2.36. The number of carbonyl (C=O) groups excluding carboxylic acids is 1. The van der Waals surface area contributed by atoms with Gasteiger partial charge in [0.15, 0.2) is 0 Å². The van der Waals surface area contributed by atoms with E-state index < -0.39 is 0 Å². The summed E-state index contributed by atoms with van der Waals surface area (Å²) in [6.45, 7) is 2.20. The van der Waals surface area contributed by atoms with Crippen molar-refractivity contribution in [2.75, 3.05) is 26.4 Å². The molecule has 1 aliphatic heterocycles. The first-order valence-corrected chi connectivity index (χ1v) is 6.14. The van der Waals surface area contributed by atoms with Gasteiger partial charge in [-0.05, 0) is 28.1 Å². The van der Waals surface area contributed by atoms with Crippen LogP contribution in [-0.4, -0.2) is 43.4 Å². The first-order chi connectivity index (χ1) is 8.25. The monoisotopic (exact) mass is 300 g/mol. The van der Waals surface area contributed by atoms with E-state index in [1.807, 2.05) is 0 Å². The average Bonchev–Trinajstić information content (AvgIpc) is 2.37. The number of halogens is 1. The zero-order valence-electron chi connectivity index (χ0n) is 9.19. The van der Waals surface area contributed by atoms with Crippen molar-refractivity contribution in [1.29, 1.82) is 0 Å². The maximum absolute atomic E-state index is 11.8. The molecule has 0 radical (unpaired) electrons. The van der Waals surface area contributed by atoms with Gasteiger partial charge in [0.1, 0.15) is 4.60 Å². The number of hydrogen-bond acceptors (Lipinski definition) is 4. The van der Waals surface area contributed by atoms with Crippen molar-refractivity contribution in [3.63, 3.8) is 0 Å². The van der Waals surface area contributed by atoms with Gasteiger partial charge in [-0.2, -0.15) is 0 Å². The van der Waals surface area contributed by atoms with E-state index in [1.54, 1.807) is 18.3 Å². The summed E-state index contributed by atoms with van der Waals surface area (Å²) >= 11 is 3.22. The Hall–Kier alpha value is -0.980. The van der Waals surface area contributed by atoms with E-state index in [2.05, 4.69) is 26.2 Å².